The van der Waals surface area contributed by atoms with Crippen molar-refractivity contribution in [1.29, 1.82) is 0 Å². The highest BCUT2D eigenvalue weighted by atomic mass is 79.9. The first-order valence-electron chi connectivity index (χ1n) is 4.94. The summed E-state index contributed by atoms with van der Waals surface area (Å²) >= 11 is 3.51. The molecule has 2 heterocycles. The summed E-state index contributed by atoms with van der Waals surface area (Å²) in [6.45, 7) is 2.18. The molecule has 1 aromatic rings. The Balaban J connectivity index is 2.24. The Kier molecular flexibility index (Phi) is 2.91. The molecule has 0 saturated carbocycles. The van der Waals surface area contributed by atoms with Crippen molar-refractivity contribution in [3.8, 4) is 0 Å². The first-order chi connectivity index (χ1) is 6.77. The van der Waals surface area contributed by atoms with Crippen LogP contribution in [0.15, 0.2) is 16.6 Å². The van der Waals surface area contributed by atoms with Gasteiger partial charge in [0.15, 0.2) is 0 Å². The maximum Gasteiger partial charge on any atom is 0.145 e. The van der Waals surface area contributed by atoms with Crippen LogP contribution in [-0.4, -0.2) is 18.1 Å². The summed E-state index contributed by atoms with van der Waals surface area (Å²) in [4.78, 5) is 6.65. The van der Waals surface area contributed by atoms with Crippen LogP contribution < -0.4 is 10.6 Å². The van der Waals surface area contributed by atoms with Gasteiger partial charge in [-0.15, -0.1) is 0 Å². The van der Waals surface area contributed by atoms with Crippen LogP contribution in [0.1, 0.15) is 19.3 Å². The summed E-state index contributed by atoms with van der Waals surface area (Å²) in [6, 6.07) is 3.78. The molecule has 1 fully saturated rings. The van der Waals surface area contributed by atoms with Gasteiger partial charge in [-0.25, -0.2) is 4.98 Å². The first-order valence-corrected chi connectivity index (χ1v) is 5.73. The molecule has 0 bridgehead atoms. The molecular weight excluding hydrogens is 242 g/mol. The molecule has 2 N–H and O–H groups in total. The molecule has 1 aliphatic rings. The van der Waals surface area contributed by atoms with E-state index in [1.54, 1.807) is 0 Å². The Morgan fingerprint density at radius 2 is 1.93 bits per heavy atom. The third-order valence-electron chi connectivity index (χ3n) is 2.50. The molecule has 0 radical (unpaired) electrons. The molecule has 3 nitrogen and oxygen atoms in total. The van der Waals surface area contributed by atoms with Gasteiger partial charge in [0.25, 0.3) is 0 Å². The highest BCUT2D eigenvalue weighted by Crippen LogP contribution is 2.27. The minimum absolute atomic E-state index is 0.591. The lowest BCUT2D eigenvalue weighted by Gasteiger charge is -2.28. The summed E-state index contributed by atoms with van der Waals surface area (Å²) < 4.78 is 1.04. The second-order valence-corrected chi connectivity index (χ2v) is 4.44. The third kappa shape index (κ3) is 2.00. The number of aromatic nitrogens is 1. The smallest absolute Gasteiger partial charge is 0.145 e. The number of pyridine rings is 1. The average molecular weight is 256 g/mol. The zero-order valence-corrected chi connectivity index (χ0v) is 9.63. The predicted octanol–water partition coefficient (Wildman–Crippen LogP) is 2.42. The van der Waals surface area contributed by atoms with E-state index < -0.39 is 0 Å². The van der Waals surface area contributed by atoms with Crippen molar-refractivity contribution < 1.29 is 0 Å². The van der Waals surface area contributed by atoms with E-state index in [-0.39, 0.29) is 0 Å². The molecule has 4 heteroatoms. The maximum atomic E-state index is 5.68. The van der Waals surface area contributed by atoms with Crippen LogP contribution >= 0.6 is 15.9 Å². The fraction of sp³-hybridized carbons (Fsp3) is 0.500. The number of nitrogens with two attached hydrogens (primary N) is 1. The number of rotatable bonds is 1. The van der Waals surface area contributed by atoms with Gasteiger partial charge in [0, 0.05) is 13.1 Å². The fourth-order valence-corrected chi connectivity index (χ4v) is 2.25. The standard InChI is InChI=1S/C10H14BrN3/c11-8-4-5-9(12)13-10(8)14-6-2-1-3-7-14/h4-5H,1-3,6-7H2,(H2,12,13). The van der Waals surface area contributed by atoms with Crippen molar-refractivity contribution in [2.45, 2.75) is 19.3 Å². The molecule has 76 valence electrons. The zero-order valence-electron chi connectivity index (χ0n) is 8.04. The van der Waals surface area contributed by atoms with E-state index in [1.807, 2.05) is 12.1 Å². The van der Waals surface area contributed by atoms with Crippen LogP contribution in [0.4, 0.5) is 11.6 Å². The molecule has 14 heavy (non-hydrogen) atoms. The normalized spacial score (nSPS) is 17.1. The SMILES string of the molecule is Nc1ccc(Br)c(N2CCCCC2)n1. The van der Waals surface area contributed by atoms with Gasteiger partial charge in [-0.2, -0.15) is 0 Å². The monoisotopic (exact) mass is 255 g/mol. The maximum absolute atomic E-state index is 5.68. The molecule has 0 aliphatic carbocycles. The molecule has 0 amide bonds. The fourth-order valence-electron chi connectivity index (χ4n) is 1.77. The minimum atomic E-state index is 0.591. The number of halogens is 1. The number of anilines is 2. The van der Waals surface area contributed by atoms with Gasteiger partial charge in [0.2, 0.25) is 0 Å². The Morgan fingerprint density at radius 1 is 1.21 bits per heavy atom. The van der Waals surface area contributed by atoms with E-state index in [1.165, 1.54) is 19.3 Å². The minimum Gasteiger partial charge on any atom is -0.384 e. The number of hydrogen-bond acceptors (Lipinski definition) is 3. The summed E-state index contributed by atoms with van der Waals surface area (Å²) in [5.74, 6) is 1.58. The van der Waals surface area contributed by atoms with Crippen LogP contribution in [0.5, 0.6) is 0 Å². The number of piperidine rings is 1. The summed E-state index contributed by atoms with van der Waals surface area (Å²) in [6.07, 6.45) is 3.84. The lowest BCUT2D eigenvalue weighted by atomic mass is 10.1. The Labute approximate surface area is 92.4 Å². The van der Waals surface area contributed by atoms with Crippen LogP contribution in [0.2, 0.25) is 0 Å². The third-order valence-corrected chi connectivity index (χ3v) is 3.12. The molecule has 0 unspecified atom stereocenters. The van der Waals surface area contributed by atoms with Crippen molar-refractivity contribution in [3.05, 3.63) is 16.6 Å². The van der Waals surface area contributed by atoms with Gasteiger partial charge in [-0.3, -0.25) is 0 Å². The van der Waals surface area contributed by atoms with Crippen molar-refractivity contribution in [2.75, 3.05) is 23.7 Å². The van der Waals surface area contributed by atoms with E-state index in [0.29, 0.717) is 5.82 Å². The quantitative estimate of drug-likeness (QED) is 0.839. The van der Waals surface area contributed by atoms with Crippen molar-refractivity contribution >= 4 is 27.6 Å². The first kappa shape index (κ1) is 9.77. The van der Waals surface area contributed by atoms with Gasteiger partial charge in [-0.1, -0.05) is 0 Å². The van der Waals surface area contributed by atoms with E-state index in [4.69, 9.17) is 5.73 Å². The van der Waals surface area contributed by atoms with Crippen molar-refractivity contribution in [2.24, 2.45) is 0 Å². The second kappa shape index (κ2) is 4.17. The van der Waals surface area contributed by atoms with Crippen LogP contribution in [0, 0.1) is 0 Å². The molecular formula is C10H14BrN3. The molecule has 2 rings (SSSR count). The van der Waals surface area contributed by atoms with E-state index >= 15 is 0 Å². The van der Waals surface area contributed by atoms with Gasteiger partial charge in [-0.05, 0) is 47.3 Å². The topological polar surface area (TPSA) is 42.1 Å². The summed E-state index contributed by atoms with van der Waals surface area (Å²) in [7, 11) is 0. The van der Waals surface area contributed by atoms with Crippen LogP contribution in [0.3, 0.4) is 0 Å². The number of nitrogen functional groups attached to an aromatic ring is 1. The molecule has 0 spiro atoms. The van der Waals surface area contributed by atoms with Gasteiger partial charge in [0.05, 0.1) is 4.47 Å². The molecule has 0 atom stereocenters. The zero-order chi connectivity index (χ0) is 9.97. The average Bonchev–Trinajstić information content (AvgIpc) is 2.23. The molecule has 1 saturated heterocycles. The van der Waals surface area contributed by atoms with Gasteiger partial charge in [0.1, 0.15) is 11.6 Å². The predicted molar refractivity (Wildman–Crippen MR) is 62.4 cm³/mol. The molecule has 1 aliphatic heterocycles. The van der Waals surface area contributed by atoms with Crippen molar-refractivity contribution in [1.82, 2.24) is 4.98 Å². The highest BCUT2D eigenvalue weighted by molar-refractivity contribution is 9.10. The largest absolute Gasteiger partial charge is 0.384 e. The second-order valence-electron chi connectivity index (χ2n) is 3.59. The Morgan fingerprint density at radius 3 is 2.64 bits per heavy atom. The van der Waals surface area contributed by atoms with E-state index in [2.05, 4.69) is 25.8 Å². The van der Waals surface area contributed by atoms with E-state index in [0.717, 1.165) is 23.4 Å². The number of nitrogens with zero attached hydrogens (tertiary/aromatic N) is 2. The van der Waals surface area contributed by atoms with Crippen LogP contribution in [0.25, 0.3) is 0 Å². The van der Waals surface area contributed by atoms with E-state index in [9.17, 15) is 0 Å². The lowest BCUT2D eigenvalue weighted by Crippen LogP contribution is -2.30. The highest BCUT2D eigenvalue weighted by Gasteiger charge is 2.14. The molecule has 0 aromatic carbocycles. The summed E-state index contributed by atoms with van der Waals surface area (Å²) in [5, 5.41) is 0. The lowest BCUT2D eigenvalue weighted by molar-refractivity contribution is 0.573. The Hall–Kier alpha value is -0.770. The number of hydrogen-bond donors (Lipinski definition) is 1. The molecule has 1 aromatic heterocycles. The van der Waals surface area contributed by atoms with Gasteiger partial charge >= 0.3 is 0 Å². The van der Waals surface area contributed by atoms with Gasteiger partial charge < -0.3 is 10.6 Å². The van der Waals surface area contributed by atoms with Crippen molar-refractivity contribution in [3.63, 3.8) is 0 Å². The van der Waals surface area contributed by atoms with Crippen LogP contribution in [-0.2, 0) is 0 Å². The summed E-state index contributed by atoms with van der Waals surface area (Å²) in [5.41, 5.74) is 5.68. The Bertz CT molecular complexity index is 321.